The van der Waals surface area contributed by atoms with E-state index in [0.29, 0.717) is 38.2 Å². The number of carbonyl (C=O) groups excluding carboxylic acids is 1. The number of hydrogen-bond donors (Lipinski definition) is 1. The van der Waals surface area contributed by atoms with Gasteiger partial charge in [-0.3, -0.25) is 4.79 Å². The normalized spacial score (nSPS) is 15.1. The molecule has 1 saturated heterocycles. The van der Waals surface area contributed by atoms with Gasteiger partial charge in [0.1, 0.15) is 6.04 Å². The van der Waals surface area contributed by atoms with Crippen molar-refractivity contribution in [3.63, 3.8) is 0 Å². The summed E-state index contributed by atoms with van der Waals surface area (Å²) in [5.74, 6) is 0.267. The highest BCUT2D eigenvalue weighted by molar-refractivity contribution is 5.79. The minimum Gasteiger partial charge on any atom is -0.405 e. The molecular formula is C22H24N4O3. The third kappa shape index (κ3) is 4.81. The summed E-state index contributed by atoms with van der Waals surface area (Å²) in [4.78, 5) is 14.7. The van der Waals surface area contributed by atoms with Crippen LogP contribution in [0.5, 0.6) is 0 Å². The van der Waals surface area contributed by atoms with Crippen molar-refractivity contribution in [2.75, 3.05) is 31.2 Å². The molecule has 0 unspecified atom stereocenters. The molecule has 1 fully saturated rings. The third-order valence-corrected chi connectivity index (χ3v) is 4.88. The summed E-state index contributed by atoms with van der Waals surface area (Å²) in [6.45, 7) is 4.70. The van der Waals surface area contributed by atoms with Gasteiger partial charge in [0, 0.05) is 13.1 Å². The molecule has 0 radical (unpaired) electrons. The monoisotopic (exact) mass is 392 g/mol. The van der Waals surface area contributed by atoms with E-state index in [-0.39, 0.29) is 12.3 Å². The number of nitrogens with zero attached hydrogens (tertiary/aromatic N) is 3. The lowest BCUT2D eigenvalue weighted by Gasteiger charge is -2.24. The van der Waals surface area contributed by atoms with Gasteiger partial charge in [-0.15, -0.1) is 5.10 Å². The first kappa shape index (κ1) is 19.1. The maximum absolute atomic E-state index is 12.7. The van der Waals surface area contributed by atoms with Gasteiger partial charge in [-0.05, 0) is 18.1 Å². The van der Waals surface area contributed by atoms with Gasteiger partial charge in [-0.1, -0.05) is 65.3 Å². The molecular weight excluding hydrogens is 368 g/mol. The summed E-state index contributed by atoms with van der Waals surface area (Å²) in [6, 6.07) is 17.6. The maximum atomic E-state index is 12.7. The van der Waals surface area contributed by atoms with Crippen LogP contribution in [0.1, 0.15) is 28.6 Å². The van der Waals surface area contributed by atoms with E-state index in [1.165, 1.54) is 0 Å². The average molecular weight is 392 g/mol. The Bertz CT molecular complexity index is 934. The Labute approximate surface area is 169 Å². The zero-order valence-electron chi connectivity index (χ0n) is 16.4. The van der Waals surface area contributed by atoms with Crippen LogP contribution in [0.2, 0.25) is 0 Å². The highest BCUT2D eigenvalue weighted by atomic mass is 16.5. The van der Waals surface area contributed by atoms with Gasteiger partial charge < -0.3 is 19.4 Å². The minimum atomic E-state index is -0.503. The first-order valence-corrected chi connectivity index (χ1v) is 9.75. The zero-order valence-corrected chi connectivity index (χ0v) is 16.4. The predicted octanol–water partition coefficient (Wildman–Crippen LogP) is 2.66. The quantitative estimate of drug-likeness (QED) is 0.695. The van der Waals surface area contributed by atoms with E-state index in [4.69, 9.17) is 9.15 Å². The fraction of sp³-hybridized carbons (Fsp3) is 0.318. The summed E-state index contributed by atoms with van der Waals surface area (Å²) >= 11 is 0. The molecule has 29 heavy (non-hydrogen) atoms. The van der Waals surface area contributed by atoms with Crippen molar-refractivity contribution in [3.05, 3.63) is 77.2 Å². The van der Waals surface area contributed by atoms with Crippen molar-refractivity contribution in [1.82, 2.24) is 15.5 Å². The lowest BCUT2D eigenvalue weighted by molar-refractivity contribution is -0.121. The van der Waals surface area contributed by atoms with E-state index < -0.39 is 6.04 Å². The summed E-state index contributed by atoms with van der Waals surface area (Å²) in [5.41, 5.74) is 3.01. The molecule has 0 saturated carbocycles. The summed E-state index contributed by atoms with van der Waals surface area (Å²) in [7, 11) is 0. The van der Waals surface area contributed by atoms with Crippen LogP contribution in [0, 0.1) is 6.92 Å². The van der Waals surface area contributed by atoms with Gasteiger partial charge in [-0.2, -0.15) is 0 Å². The Morgan fingerprint density at radius 2 is 1.79 bits per heavy atom. The average Bonchev–Trinajstić information content (AvgIpc) is 3.25. The van der Waals surface area contributed by atoms with Crippen LogP contribution in [-0.4, -0.2) is 42.4 Å². The topological polar surface area (TPSA) is 80.5 Å². The van der Waals surface area contributed by atoms with Gasteiger partial charge in [0.05, 0.1) is 19.6 Å². The van der Waals surface area contributed by atoms with E-state index in [2.05, 4.69) is 15.5 Å². The summed E-state index contributed by atoms with van der Waals surface area (Å²) < 4.78 is 11.3. The Hall–Kier alpha value is -3.19. The minimum absolute atomic E-state index is 0.103. The number of carbonyl (C=O) groups is 1. The molecule has 0 bridgehead atoms. The first-order valence-electron chi connectivity index (χ1n) is 9.75. The molecule has 150 valence electrons. The van der Waals surface area contributed by atoms with Crippen LogP contribution in [0.15, 0.2) is 59.0 Å². The van der Waals surface area contributed by atoms with Gasteiger partial charge in [0.15, 0.2) is 0 Å². The van der Waals surface area contributed by atoms with Gasteiger partial charge in [0.25, 0.3) is 0 Å². The summed E-state index contributed by atoms with van der Waals surface area (Å²) in [6.07, 6.45) is 0.286. The molecule has 2 aromatic carbocycles. The van der Waals surface area contributed by atoms with Crippen molar-refractivity contribution in [2.24, 2.45) is 0 Å². The van der Waals surface area contributed by atoms with Crippen molar-refractivity contribution < 1.29 is 13.9 Å². The molecule has 1 amide bonds. The van der Waals surface area contributed by atoms with E-state index >= 15 is 0 Å². The third-order valence-electron chi connectivity index (χ3n) is 4.88. The number of nitrogens with one attached hydrogen (secondary N) is 1. The second kappa shape index (κ2) is 8.87. The number of rotatable bonds is 6. The zero-order chi connectivity index (χ0) is 20.1. The molecule has 2 heterocycles. The number of hydrogen-bond acceptors (Lipinski definition) is 6. The van der Waals surface area contributed by atoms with Crippen LogP contribution in [0.25, 0.3) is 0 Å². The SMILES string of the molecule is Cc1ccc(CC(=O)N[C@H](c2ccccc2)c2nnc(N3CCOCC3)o2)cc1. The van der Waals surface area contributed by atoms with E-state index in [1.807, 2.05) is 66.4 Å². The van der Waals surface area contributed by atoms with Crippen LogP contribution in [0.4, 0.5) is 6.01 Å². The molecule has 1 atom stereocenters. The van der Waals surface area contributed by atoms with Crippen molar-refractivity contribution in [1.29, 1.82) is 0 Å². The molecule has 1 aromatic heterocycles. The molecule has 0 aliphatic carbocycles. The smallest absolute Gasteiger partial charge is 0.318 e. The van der Waals surface area contributed by atoms with Crippen LogP contribution in [0.3, 0.4) is 0 Å². The van der Waals surface area contributed by atoms with Gasteiger partial charge in [-0.25, -0.2) is 0 Å². The first-order chi connectivity index (χ1) is 14.2. The van der Waals surface area contributed by atoms with Crippen LogP contribution >= 0.6 is 0 Å². The summed E-state index contributed by atoms with van der Waals surface area (Å²) in [5, 5.41) is 11.5. The Morgan fingerprint density at radius 3 is 2.52 bits per heavy atom. The number of morpholine rings is 1. The van der Waals surface area contributed by atoms with Gasteiger partial charge >= 0.3 is 6.01 Å². The molecule has 7 nitrogen and oxygen atoms in total. The molecule has 1 N–H and O–H groups in total. The van der Waals surface area contributed by atoms with Gasteiger partial charge in [0.2, 0.25) is 11.8 Å². The fourth-order valence-electron chi connectivity index (χ4n) is 3.26. The Kier molecular flexibility index (Phi) is 5.86. The van der Waals surface area contributed by atoms with Crippen LogP contribution in [-0.2, 0) is 16.0 Å². The molecule has 0 spiro atoms. The molecule has 4 rings (SSSR count). The molecule has 7 heteroatoms. The van der Waals surface area contributed by atoms with E-state index in [0.717, 1.165) is 16.7 Å². The molecule has 3 aromatic rings. The lowest BCUT2D eigenvalue weighted by atomic mass is 10.1. The number of anilines is 1. The molecule has 1 aliphatic rings. The highest BCUT2D eigenvalue weighted by Gasteiger charge is 2.25. The lowest BCUT2D eigenvalue weighted by Crippen LogP contribution is -2.36. The van der Waals surface area contributed by atoms with E-state index in [1.54, 1.807) is 0 Å². The second-order valence-corrected chi connectivity index (χ2v) is 7.10. The second-order valence-electron chi connectivity index (χ2n) is 7.10. The maximum Gasteiger partial charge on any atom is 0.318 e. The van der Waals surface area contributed by atoms with Crippen LogP contribution < -0.4 is 10.2 Å². The predicted molar refractivity (Wildman–Crippen MR) is 109 cm³/mol. The largest absolute Gasteiger partial charge is 0.405 e. The van der Waals surface area contributed by atoms with Crippen molar-refractivity contribution in [2.45, 2.75) is 19.4 Å². The Morgan fingerprint density at radius 1 is 1.07 bits per heavy atom. The fourth-order valence-corrected chi connectivity index (χ4v) is 3.26. The van der Waals surface area contributed by atoms with E-state index in [9.17, 15) is 4.79 Å². The van der Waals surface area contributed by atoms with Crippen molar-refractivity contribution >= 4 is 11.9 Å². The number of benzene rings is 2. The molecule has 1 aliphatic heterocycles. The number of ether oxygens (including phenoxy) is 1. The van der Waals surface area contributed by atoms with Crippen molar-refractivity contribution in [3.8, 4) is 0 Å². The number of aryl methyl sites for hydroxylation is 1. The standard InChI is InChI=1S/C22H24N4O3/c1-16-7-9-17(10-8-16)15-19(27)23-20(18-5-3-2-4-6-18)21-24-25-22(29-21)26-11-13-28-14-12-26/h2-10,20H,11-15H2,1H3,(H,23,27)/t20-/m1/s1. The number of amides is 1. The highest BCUT2D eigenvalue weighted by Crippen LogP contribution is 2.24. The Balaban J connectivity index is 1.53. The number of aromatic nitrogens is 2.